The molecular formula is C9H15N3O3. The van der Waals surface area contributed by atoms with E-state index in [9.17, 15) is 9.59 Å². The first-order chi connectivity index (χ1) is 7.02. The monoisotopic (exact) mass is 213 g/mol. The van der Waals surface area contributed by atoms with Gasteiger partial charge in [-0.1, -0.05) is 6.92 Å². The molecule has 0 bridgehead atoms. The number of hydrogen-bond donors (Lipinski definition) is 2. The van der Waals surface area contributed by atoms with Gasteiger partial charge in [-0.2, -0.15) is 5.26 Å². The lowest BCUT2D eigenvalue weighted by atomic mass is 10.2. The summed E-state index contributed by atoms with van der Waals surface area (Å²) in [7, 11) is 1.52. The molecule has 0 aliphatic heterocycles. The number of carbonyl (C=O) groups excluding carboxylic acids is 1. The van der Waals surface area contributed by atoms with Gasteiger partial charge in [0.15, 0.2) is 0 Å². The highest BCUT2D eigenvalue weighted by Crippen LogP contribution is 1.94. The van der Waals surface area contributed by atoms with E-state index in [1.54, 1.807) is 6.92 Å². The van der Waals surface area contributed by atoms with E-state index in [2.05, 4.69) is 5.32 Å². The zero-order valence-corrected chi connectivity index (χ0v) is 8.86. The molecule has 0 aromatic rings. The van der Waals surface area contributed by atoms with Crippen LogP contribution in [0.15, 0.2) is 0 Å². The molecule has 0 fully saturated rings. The predicted octanol–water partition coefficient (Wildman–Crippen LogP) is 0.405. The number of carboxylic acid groups (broad SMARTS) is 1. The van der Waals surface area contributed by atoms with Crippen molar-refractivity contribution in [2.75, 3.05) is 13.6 Å². The second kappa shape index (κ2) is 6.65. The second-order valence-electron chi connectivity index (χ2n) is 3.08. The molecule has 0 aromatic heterocycles. The van der Waals surface area contributed by atoms with Gasteiger partial charge in [-0.3, -0.25) is 0 Å². The lowest BCUT2D eigenvalue weighted by molar-refractivity contribution is -0.139. The molecule has 0 aliphatic rings. The first kappa shape index (κ1) is 13.2. The molecule has 84 valence electrons. The molecule has 2 amide bonds. The lowest BCUT2D eigenvalue weighted by Gasteiger charge is -2.19. The largest absolute Gasteiger partial charge is 0.480 e. The number of nitriles is 1. The zero-order valence-electron chi connectivity index (χ0n) is 8.86. The van der Waals surface area contributed by atoms with Crippen LogP contribution in [0.2, 0.25) is 0 Å². The molecule has 1 atom stereocenters. The highest BCUT2D eigenvalue weighted by Gasteiger charge is 2.19. The van der Waals surface area contributed by atoms with Gasteiger partial charge in [-0.25, -0.2) is 9.59 Å². The number of hydrogen-bond acceptors (Lipinski definition) is 3. The molecule has 6 heteroatoms. The van der Waals surface area contributed by atoms with Crippen LogP contribution in [0.4, 0.5) is 4.79 Å². The van der Waals surface area contributed by atoms with Gasteiger partial charge in [0.2, 0.25) is 0 Å². The number of carboxylic acids is 1. The standard InChI is InChI=1S/C9H15N3O3/c1-3-7(8(13)14)11-9(15)12(2)6-4-5-10/h7H,3-4,6H2,1-2H3,(H,11,15)(H,13,14)/t7-/m0/s1. The summed E-state index contributed by atoms with van der Waals surface area (Å²) in [6.45, 7) is 1.97. The van der Waals surface area contributed by atoms with E-state index in [1.807, 2.05) is 6.07 Å². The minimum absolute atomic E-state index is 0.230. The number of aliphatic carboxylic acids is 1. The summed E-state index contributed by atoms with van der Waals surface area (Å²) < 4.78 is 0. The van der Waals surface area contributed by atoms with E-state index >= 15 is 0 Å². The summed E-state index contributed by atoms with van der Waals surface area (Å²) >= 11 is 0. The predicted molar refractivity (Wildman–Crippen MR) is 53.1 cm³/mol. The van der Waals surface area contributed by atoms with Crippen LogP contribution in [0.25, 0.3) is 0 Å². The van der Waals surface area contributed by atoms with Gasteiger partial charge in [-0.05, 0) is 6.42 Å². The van der Waals surface area contributed by atoms with Gasteiger partial charge >= 0.3 is 12.0 Å². The molecule has 0 unspecified atom stereocenters. The van der Waals surface area contributed by atoms with E-state index in [1.165, 1.54) is 11.9 Å². The van der Waals surface area contributed by atoms with Crippen molar-refractivity contribution in [3.05, 3.63) is 0 Å². The van der Waals surface area contributed by atoms with Crippen molar-refractivity contribution in [3.8, 4) is 6.07 Å². The summed E-state index contributed by atoms with van der Waals surface area (Å²) in [5.74, 6) is -1.06. The minimum atomic E-state index is -1.06. The van der Waals surface area contributed by atoms with Gasteiger partial charge in [-0.15, -0.1) is 0 Å². The van der Waals surface area contributed by atoms with E-state index in [-0.39, 0.29) is 6.42 Å². The molecule has 0 aliphatic carbocycles. The fourth-order valence-electron chi connectivity index (χ4n) is 0.917. The third-order valence-corrected chi connectivity index (χ3v) is 1.91. The van der Waals surface area contributed by atoms with Crippen LogP contribution in [-0.2, 0) is 4.79 Å². The number of rotatable bonds is 5. The maximum absolute atomic E-state index is 11.4. The maximum Gasteiger partial charge on any atom is 0.326 e. The third kappa shape index (κ3) is 4.86. The van der Waals surface area contributed by atoms with Gasteiger partial charge in [0.25, 0.3) is 0 Å². The van der Waals surface area contributed by atoms with Crippen molar-refractivity contribution in [3.63, 3.8) is 0 Å². The first-order valence-electron chi connectivity index (χ1n) is 4.64. The smallest absolute Gasteiger partial charge is 0.326 e. The van der Waals surface area contributed by atoms with Crippen molar-refractivity contribution in [2.24, 2.45) is 0 Å². The molecule has 0 aromatic carbocycles. The Bertz CT molecular complexity index is 272. The van der Waals surface area contributed by atoms with Crippen LogP contribution in [-0.4, -0.2) is 41.6 Å². The van der Waals surface area contributed by atoms with E-state index in [0.717, 1.165) is 0 Å². The van der Waals surface area contributed by atoms with Crippen LogP contribution in [0.1, 0.15) is 19.8 Å². The molecule has 0 spiro atoms. The summed E-state index contributed by atoms with van der Waals surface area (Å²) in [5.41, 5.74) is 0. The molecular weight excluding hydrogens is 198 g/mol. The average molecular weight is 213 g/mol. The van der Waals surface area contributed by atoms with Crippen LogP contribution in [0, 0.1) is 11.3 Å². The Hall–Kier alpha value is -1.77. The number of nitrogens with zero attached hydrogens (tertiary/aromatic N) is 2. The summed E-state index contributed by atoms with van der Waals surface area (Å²) in [5, 5.41) is 19.4. The Labute approximate surface area is 88.5 Å². The fraction of sp³-hybridized carbons (Fsp3) is 0.667. The Morgan fingerprint density at radius 2 is 2.20 bits per heavy atom. The quantitative estimate of drug-likeness (QED) is 0.691. The van der Waals surface area contributed by atoms with E-state index in [4.69, 9.17) is 10.4 Å². The zero-order chi connectivity index (χ0) is 11.8. The topological polar surface area (TPSA) is 93.4 Å². The summed E-state index contributed by atoms with van der Waals surface area (Å²) in [4.78, 5) is 23.3. The van der Waals surface area contributed by atoms with Crippen LogP contribution in [0.3, 0.4) is 0 Å². The molecule has 15 heavy (non-hydrogen) atoms. The number of nitrogens with one attached hydrogen (secondary N) is 1. The lowest BCUT2D eigenvalue weighted by Crippen LogP contribution is -2.46. The Balaban J connectivity index is 4.11. The fourth-order valence-corrected chi connectivity index (χ4v) is 0.917. The minimum Gasteiger partial charge on any atom is -0.480 e. The van der Waals surface area contributed by atoms with Gasteiger partial charge in [0.05, 0.1) is 12.5 Å². The molecule has 0 radical (unpaired) electrons. The molecule has 0 saturated heterocycles. The first-order valence-corrected chi connectivity index (χ1v) is 4.64. The Morgan fingerprint density at radius 3 is 2.60 bits per heavy atom. The number of urea groups is 1. The van der Waals surface area contributed by atoms with E-state index < -0.39 is 18.0 Å². The molecule has 6 nitrogen and oxygen atoms in total. The van der Waals surface area contributed by atoms with Crippen molar-refractivity contribution in [1.82, 2.24) is 10.2 Å². The molecule has 0 rings (SSSR count). The third-order valence-electron chi connectivity index (χ3n) is 1.91. The van der Waals surface area contributed by atoms with Crippen molar-refractivity contribution < 1.29 is 14.7 Å². The number of amides is 2. The van der Waals surface area contributed by atoms with Crippen LogP contribution < -0.4 is 5.32 Å². The van der Waals surface area contributed by atoms with Crippen LogP contribution in [0.5, 0.6) is 0 Å². The Kier molecular flexibility index (Phi) is 5.86. The van der Waals surface area contributed by atoms with Crippen molar-refractivity contribution in [2.45, 2.75) is 25.8 Å². The van der Waals surface area contributed by atoms with Crippen molar-refractivity contribution in [1.29, 1.82) is 5.26 Å². The molecule has 2 N–H and O–H groups in total. The molecule has 0 saturated carbocycles. The highest BCUT2D eigenvalue weighted by atomic mass is 16.4. The molecule has 0 heterocycles. The van der Waals surface area contributed by atoms with E-state index in [0.29, 0.717) is 13.0 Å². The number of carbonyl (C=O) groups is 2. The summed E-state index contributed by atoms with van der Waals surface area (Å²) in [6.07, 6.45) is 0.556. The van der Waals surface area contributed by atoms with Gasteiger partial charge < -0.3 is 15.3 Å². The van der Waals surface area contributed by atoms with Gasteiger partial charge in [0.1, 0.15) is 6.04 Å². The van der Waals surface area contributed by atoms with Crippen molar-refractivity contribution >= 4 is 12.0 Å². The highest BCUT2D eigenvalue weighted by molar-refractivity contribution is 5.82. The Morgan fingerprint density at radius 1 is 1.60 bits per heavy atom. The van der Waals surface area contributed by atoms with Gasteiger partial charge in [0, 0.05) is 13.6 Å². The summed E-state index contributed by atoms with van der Waals surface area (Å²) in [6, 6.07) is 0.560. The SMILES string of the molecule is CC[C@H](NC(=O)N(C)CCC#N)C(=O)O. The average Bonchev–Trinajstić information content (AvgIpc) is 2.21. The normalized spacial score (nSPS) is 11.3. The maximum atomic E-state index is 11.4. The van der Waals surface area contributed by atoms with Crippen LogP contribution >= 0.6 is 0 Å². The second-order valence-corrected chi connectivity index (χ2v) is 3.08.